The average molecular weight is 402 g/mol. The fraction of sp³-hybridized carbons (Fsp3) is 0.250. The first-order valence-corrected chi connectivity index (χ1v) is 9.59. The predicted octanol–water partition coefficient (Wildman–Crippen LogP) is 4.09. The van der Waals surface area contributed by atoms with Crippen LogP contribution in [0.5, 0.6) is 0 Å². The van der Waals surface area contributed by atoms with Crippen molar-refractivity contribution in [2.75, 3.05) is 18.4 Å². The van der Waals surface area contributed by atoms with E-state index in [1.165, 1.54) is 6.42 Å². The van der Waals surface area contributed by atoms with Gasteiger partial charge in [-0.1, -0.05) is 23.7 Å². The van der Waals surface area contributed by atoms with E-state index in [0.29, 0.717) is 21.8 Å². The van der Waals surface area contributed by atoms with Gasteiger partial charge in [0.15, 0.2) is 5.11 Å². The second-order valence-electron chi connectivity index (χ2n) is 6.35. The van der Waals surface area contributed by atoms with Gasteiger partial charge in [0.1, 0.15) is 0 Å². The lowest BCUT2D eigenvalue weighted by atomic mass is 10.1. The lowest BCUT2D eigenvalue weighted by Gasteiger charge is -2.26. The number of hydrogen-bond acceptors (Lipinski definition) is 3. The molecule has 1 fully saturated rings. The molecule has 0 aliphatic carbocycles. The van der Waals surface area contributed by atoms with Gasteiger partial charge in [-0.3, -0.25) is 14.9 Å². The maximum Gasteiger partial charge on any atom is 0.257 e. The van der Waals surface area contributed by atoms with E-state index in [2.05, 4.69) is 10.6 Å². The average Bonchev–Trinajstić information content (AvgIpc) is 2.68. The smallest absolute Gasteiger partial charge is 0.257 e. The molecule has 0 radical (unpaired) electrons. The number of carbonyl (C=O) groups excluding carboxylic acids is 2. The Morgan fingerprint density at radius 3 is 2.41 bits per heavy atom. The number of piperidine rings is 1. The van der Waals surface area contributed by atoms with Gasteiger partial charge in [0.05, 0.1) is 0 Å². The fourth-order valence-corrected chi connectivity index (χ4v) is 3.38. The third kappa shape index (κ3) is 5.28. The number of benzene rings is 2. The van der Waals surface area contributed by atoms with E-state index >= 15 is 0 Å². The summed E-state index contributed by atoms with van der Waals surface area (Å²) in [5.41, 5.74) is 1.67. The van der Waals surface area contributed by atoms with Crippen LogP contribution < -0.4 is 10.6 Å². The standard InChI is InChI=1S/C20H20ClN3O2S/c21-16-8-4-6-14(12-16)18(25)23-20(27)22-17-9-5-7-15(13-17)19(26)24-10-2-1-3-11-24/h4-9,12-13H,1-3,10-11H2,(H2,22,23,25,27). The lowest BCUT2D eigenvalue weighted by molar-refractivity contribution is 0.0724. The van der Waals surface area contributed by atoms with Crippen molar-refractivity contribution in [1.82, 2.24) is 10.2 Å². The molecule has 1 aliphatic heterocycles. The Bertz CT molecular complexity index is 866. The quantitative estimate of drug-likeness (QED) is 0.760. The minimum atomic E-state index is -0.351. The maximum atomic E-state index is 12.6. The molecule has 0 bridgehead atoms. The summed E-state index contributed by atoms with van der Waals surface area (Å²) in [5, 5.41) is 6.19. The van der Waals surface area contributed by atoms with Crippen LogP contribution in [-0.4, -0.2) is 34.9 Å². The fourth-order valence-electron chi connectivity index (χ4n) is 2.98. The van der Waals surface area contributed by atoms with Gasteiger partial charge in [-0.15, -0.1) is 0 Å². The first kappa shape index (κ1) is 19.3. The van der Waals surface area contributed by atoms with Crippen LogP contribution in [0.3, 0.4) is 0 Å². The number of amides is 2. The van der Waals surface area contributed by atoms with E-state index in [4.69, 9.17) is 23.8 Å². The molecule has 1 aliphatic rings. The molecule has 2 N–H and O–H groups in total. The summed E-state index contributed by atoms with van der Waals surface area (Å²) in [6.07, 6.45) is 3.26. The normalized spacial score (nSPS) is 13.7. The van der Waals surface area contributed by atoms with Gasteiger partial charge in [-0.25, -0.2) is 0 Å². The number of nitrogens with zero attached hydrogens (tertiary/aromatic N) is 1. The topological polar surface area (TPSA) is 61.4 Å². The molecule has 140 valence electrons. The van der Waals surface area contributed by atoms with Crippen LogP contribution in [0.25, 0.3) is 0 Å². The summed E-state index contributed by atoms with van der Waals surface area (Å²) in [6.45, 7) is 1.59. The summed E-state index contributed by atoms with van der Waals surface area (Å²) < 4.78 is 0. The summed E-state index contributed by atoms with van der Waals surface area (Å²) in [7, 11) is 0. The van der Waals surface area contributed by atoms with Crippen LogP contribution in [0.1, 0.15) is 40.0 Å². The number of likely N-dealkylation sites (tertiary alicyclic amines) is 1. The Balaban J connectivity index is 1.62. The first-order chi connectivity index (χ1) is 13.0. The van der Waals surface area contributed by atoms with Crippen LogP contribution in [-0.2, 0) is 0 Å². The van der Waals surface area contributed by atoms with E-state index in [1.54, 1.807) is 48.5 Å². The zero-order valence-electron chi connectivity index (χ0n) is 14.7. The van der Waals surface area contributed by atoms with Crippen molar-refractivity contribution in [1.29, 1.82) is 0 Å². The molecule has 0 atom stereocenters. The van der Waals surface area contributed by atoms with Crippen molar-refractivity contribution in [2.45, 2.75) is 19.3 Å². The molecule has 1 saturated heterocycles. The van der Waals surface area contributed by atoms with Crippen LogP contribution in [0.15, 0.2) is 48.5 Å². The van der Waals surface area contributed by atoms with Crippen molar-refractivity contribution in [2.24, 2.45) is 0 Å². The van der Waals surface area contributed by atoms with Gasteiger partial charge in [-0.2, -0.15) is 0 Å². The summed E-state index contributed by atoms with van der Waals surface area (Å²) in [6, 6.07) is 13.7. The molecule has 2 aromatic rings. The van der Waals surface area contributed by atoms with Gasteiger partial charge < -0.3 is 10.2 Å². The van der Waals surface area contributed by atoms with Crippen LogP contribution >= 0.6 is 23.8 Å². The molecule has 2 aromatic carbocycles. The van der Waals surface area contributed by atoms with E-state index in [1.807, 2.05) is 4.90 Å². The lowest BCUT2D eigenvalue weighted by Crippen LogP contribution is -2.36. The highest BCUT2D eigenvalue weighted by atomic mass is 35.5. The van der Waals surface area contributed by atoms with Gasteiger partial charge in [-0.05, 0) is 67.9 Å². The molecule has 2 amide bonds. The van der Waals surface area contributed by atoms with Crippen molar-refractivity contribution >= 4 is 46.4 Å². The SMILES string of the molecule is O=C(NC(=S)Nc1cccc(C(=O)N2CCCCC2)c1)c1cccc(Cl)c1. The molecule has 0 spiro atoms. The molecule has 3 rings (SSSR count). The molecule has 5 nitrogen and oxygen atoms in total. The van der Waals surface area contributed by atoms with Gasteiger partial charge in [0, 0.05) is 34.9 Å². The highest BCUT2D eigenvalue weighted by molar-refractivity contribution is 7.80. The largest absolute Gasteiger partial charge is 0.339 e. The van der Waals surface area contributed by atoms with Crippen LogP contribution in [0, 0.1) is 0 Å². The number of nitrogens with one attached hydrogen (secondary N) is 2. The van der Waals surface area contributed by atoms with Crippen LogP contribution in [0.2, 0.25) is 5.02 Å². The Hall–Kier alpha value is -2.44. The van der Waals surface area contributed by atoms with Crippen molar-refractivity contribution in [3.63, 3.8) is 0 Å². The maximum absolute atomic E-state index is 12.6. The minimum absolute atomic E-state index is 0.0206. The van der Waals surface area contributed by atoms with Crippen molar-refractivity contribution in [3.8, 4) is 0 Å². The predicted molar refractivity (Wildman–Crippen MR) is 111 cm³/mol. The number of halogens is 1. The number of hydrogen-bond donors (Lipinski definition) is 2. The zero-order chi connectivity index (χ0) is 19.2. The molecule has 27 heavy (non-hydrogen) atoms. The highest BCUT2D eigenvalue weighted by Crippen LogP contribution is 2.16. The second kappa shape index (κ2) is 8.97. The number of carbonyl (C=O) groups is 2. The number of rotatable bonds is 3. The molecule has 0 unspecified atom stereocenters. The van der Waals surface area contributed by atoms with Gasteiger partial charge in [0.25, 0.3) is 11.8 Å². The Morgan fingerprint density at radius 1 is 0.963 bits per heavy atom. The third-order valence-corrected chi connectivity index (χ3v) is 4.76. The van der Waals surface area contributed by atoms with Crippen LogP contribution in [0.4, 0.5) is 5.69 Å². The Labute approximate surface area is 168 Å². The molecule has 1 heterocycles. The van der Waals surface area contributed by atoms with E-state index < -0.39 is 0 Å². The van der Waals surface area contributed by atoms with E-state index in [0.717, 1.165) is 25.9 Å². The summed E-state index contributed by atoms with van der Waals surface area (Å²) in [4.78, 5) is 26.7. The summed E-state index contributed by atoms with van der Waals surface area (Å²) in [5.74, 6) is -0.331. The van der Waals surface area contributed by atoms with E-state index in [-0.39, 0.29) is 16.9 Å². The summed E-state index contributed by atoms with van der Waals surface area (Å²) >= 11 is 11.1. The number of thiocarbonyl (C=S) groups is 1. The Morgan fingerprint density at radius 2 is 1.67 bits per heavy atom. The zero-order valence-corrected chi connectivity index (χ0v) is 16.3. The molecule has 7 heteroatoms. The number of anilines is 1. The molecule has 0 aromatic heterocycles. The second-order valence-corrected chi connectivity index (χ2v) is 7.20. The van der Waals surface area contributed by atoms with Gasteiger partial charge >= 0.3 is 0 Å². The highest BCUT2D eigenvalue weighted by Gasteiger charge is 2.18. The van der Waals surface area contributed by atoms with Crippen molar-refractivity contribution < 1.29 is 9.59 Å². The Kier molecular flexibility index (Phi) is 6.42. The monoisotopic (exact) mass is 401 g/mol. The molecule has 0 saturated carbocycles. The third-order valence-electron chi connectivity index (χ3n) is 4.32. The van der Waals surface area contributed by atoms with Gasteiger partial charge in [0.2, 0.25) is 0 Å². The molecular formula is C20H20ClN3O2S. The molecular weight excluding hydrogens is 382 g/mol. The van der Waals surface area contributed by atoms with E-state index in [9.17, 15) is 9.59 Å². The minimum Gasteiger partial charge on any atom is -0.339 e. The first-order valence-electron chi connectivity index (χ1n) is 8.80. The van der Waals surface area contributed by atoms with Crippen molar-refractivity contribution in [3.05, 3.63) is 64.7 Å².